The van der Waals surface area contributed by atoms with Crippen LogP contribution in [0.1, 0.15) is 24.2 Å². The third kappa shape index (κ3) is 3.06. The molecule has 0 aromatic heterocycles. The van der Waals surface area contributed by atoms with Crippen LogP contribution in [0.2, 0.25) is 0 Å². The molecule has 2 atom stereocenters. The predicted molar refractivity (Wildman–Crippen MR) is 68.3 cm³/mol. The van der Waals surface area contributed by atoms with Crippen molar-refractivity contribution in [3.63, 3.8) is 0 Å². The summed E-state index contributed by atoms with van der Waals surface area (Å²) in [6.45, 7) is 3.46. The van der Waals surface area contributed by atoms with E-state index in [9.17, 15) is 13.5 Å². The Bertz CT molecular complexity index is 456. The average Bonchev–Trinajstić information content (AvgIpc) is 2.27. The molecule has 0 aliphatic heterocycles. The quantitative estimate of drug-likeness (QED) is 0.868. The standard InChI is InChI=1S/C11H15BrO3S/c1-3-16(14,15)11(12)10(13)9-6-4-5-8(2)7-9/h4-7,10-11,13H,3H2,1-2H3/t10-,11+/m1/s1. The van der Waals surface area contributed by atoms with Crippen molar-refractivity contribution in [2.45, 2.75) is 24.1 Å². The summed E-state index contributed by atoms with van der Waals surface area (Å²) in [6, 6.07) is 7.20. The molecule has 0 heterocycles. The van der Waals surface area contributed by atoms with Crippen molar-refractivity contribution in [3.05, 3.63) is 35.4 Å². The minimum absolute atomic E-state index is 0.00575. The number of halogens is 1. The molecule has 90 valence electrons. The van der Waals surface area contributed by atoms with Crippen LogP contribution in [-0.2, 0) is 9.84 Å². The molecule has 0 unspecified atom stereocenters. The Balaban J connectivity index is 2.99. The van der Waals surface area contributed by atoms with E-state index in [4.69, 9.17) is 0 Å². The van der Waals surface area contributed by atoms with Gasteiger partial charge in [0, 0.05) is 5.75 Å². The summed E-state index contributed by atoms with van der Waals surface area (Å²) in [4.78, 5) is 0. The van der Waals surface area contributed by atoms with E-state index in [1.54, 1.807) is 25.1 Å². The number of alkyl halides is 1. The second-order valence-corrected chi connectivity index (χ2v) is 7.67. The predicted octanol–water partition coefficient (Wildman–Crippen LogP) is 2.18. The smallest absolute Gasteiger partial charge is 0.165 e. The van der Waals surface area contributed by atoms with Gasteiger partial charge in [0.25, 0.3) is 0 Å². The van der Waals surface area contributed by atoms with Crippen LogP contribution in [0.5, 0.6) is 0 Å². The van der Waals surface area contributed by atoms with Crippen LogP contribution in [0.3, 0.4) is 0 Å². The van der Waals surface area contributed by atoms with Gasteiger partial charge in [0.1, 0.15) is 10.3 Å². The maximum atomic E-state index is 11.6. The van der Waals surface area contributed by atoms with Gasteiger partial charge in [-0.1, -0.05) is 52.7 Å². The van der Waals surface area contributed by atoms with Gasteiger partial charge in [-0.05, 0) is 12.5 Å². The second-order valence-electron chi connectivity index (χ2n) is 3.66. The molecule has 5 heteroatoms. The highest BCUT2D eigenvalue weighted by Gasteiger charge is 2.29. The van der Waals surface area contributed by atoms with E-state index in [1.807, 2.05) is 13.0 Å². The van der Waals surface area contributed by atoms with E-state index in [0.29, 0.717) is 5.56 Å². The molecule has 16 heavy (non-hydrogen) atoms. The first-order valence-electron chi connectivity index (χ1n) is 4.98. The molecule has 1 aromatic rings. The van der Waals surface area contributed by atoms with E-state index in [2.05, 4.69) is 15.9 Å². The summed E-state index contributed by atoms with van der Waals surface area (Å²) < 4.78 is 22.2. The van der Waals surface area contributed by atoms with Crippen LogP contribution in [0, 0.1) is 6.92 Å². The molecular weight excluding hydrogens is 292 g/mol. The lowest BCUT2D eigenvalue weighted by molar-refractivity contribution is 0.195. The van der Waals surface area contributed by atoms with Crippen LogP contribution >= 0.6 is 15.9 Å². The normalized spacial score (nSPS) is 15.8. The molecule has 1 rings (SSSR count). The Morgan fingerprint density at radius 2 is 2.06 bits per heavy atom. The molecule has 0 fully saturated rings. The Labute approximate surface area is 105 Å². The molecule has 0 saturated carbocycles. The molecular formula is C11H15BrO3S. The van der Waals surface area contributed by atoms with Crippen molar-refractivity contribution in [2.75, 3.05) is 5.75 Å². The largest absolute Gasteiger partial charge is 0.386 e. The monoisotopic (exact) mass is 306 g/mol. The first kappa shape index (κ1) is 13.7. The van der Waals surface area contributed by atoms with Gasteiger partial charge in [-0.3, -0.25) is 0 Å². The van der Waals surface area contributed by atoms with Gasteiger partial charge in [-0.25, -0.2) is 8.42 Å². The van der Waals surface area contributed by atoms with Gasteiger partial charge in [0.2, 0.25) is 0 Å². The molecule has 3 nitrogen and oxygen atoms in total. The molecule has 0 radical (unpaired) electrons. The number of benzene rings is 1. The average molecular weight is 307 g/mol. The third-order valence-electron chi connectivity index (χ3n) is 2.38. The van der Waals surface area contributed by atoms with Crippen molar-refractivity contribution in [1.82, 2.24) is 0 Å². The van der Waals surface area contributed by atoms with Crippen LogP contribution in [0.4, 0.5) is 0 Å². The van der Waals surface area contributed by atoms with Gasteiger partial charge >= 0.3 is 0 Å². The van der Waals surface area contributed by atoms with Crippen LogP contribution in [0.25, 0.3) is 0 Å². The van der Waals surface area contributed by atoms with E-state index in [0.717, 1.165) is 5.56 Å². The Morgan fingerprint density at radius 1 is 1.44 bits per heavy atom. The number of sulfone groups is 1. The number of aryl methyl sites for hydroxylation is 1. The van der Waals surface area contributed by atoms with Crippen molar-refractivity contribution >= 4 is 25.8 Å². The fourth-order valence-electron chi connectivity index (χ4n) is 1.36. The molecule has 1 N–H and O–H groups in total. The van der Waals surface area contributed by atoms with Crippen LogP contribution in [-0.4, -0.2) is 23.4 Å². The number of hydrogen-bond acceptors (Lipinski definition) is 3. The van der Waals surface area contributed by atoms with Crippen molar-refractivity contribution in [3.8, 4) is 0 Å². The SMILES string of the molecule is CCS(=O)(=O)[C@H](Br)[C@H](O)c1cccc(C)c1. The molecule has 0 bridgehead atoms. The Morgan fingerprint density at radius 3 is 2.56 bits per heavy atom. The van der Waals surface area contributed by atoms with Gasteiger partial charge < -0.3 is 5.11 Å². The first-order chi connectivity index (χ1) is 7.38. The zero-order chi connectivity index (χ0) is 12.3. The van der Waals surface area contributed by atoms with E-state index >= 15 is 0 Å². The number of rotatable bonds is 4. The van der Waals surface area contributed by atoms with Gasteiger partial charge in [0.15, 0.2) is 9.84 Å². The summed E-state index contributed by atoms with van der Waals surface area (Å²) in [5, 5.41) is 9.95. The maximum Gasteiger partial charge on any atom is 0.165 e. The Kier molecular flexibility index (Phi) is 4.52. The van der Waals surface area contributed by atoms with E-state index in [-0.39, 0.29) is 5.75 Å². The van der Waals surface area contributed by atoms with E-state index < -0.39 is 20.1 Å². The summed E-state index contributed by atoms with van der Waals surface area (Å²) >= 11 is 3.05. The van der Waals surface area contributed by atoms with Crippen molar-refractivity contribution in [2.24, 2.45) is 0 Å². The first-order valence-corrected chi connectivity index (χ1v) is 7.62. The van der Waals surface area contributed by atoms with Crippen molar-refractivity contribution < 1.29 is 13.5 Å². The van der Waals surface area contributed by atoms with Crippen LogP contribution < -0.4 is 0 Å². The fourth-order valence-corrected chi connectivity index (χ4v) is 3.33. The fraction of sp³-hybridized carbons (Fsp3) is 0.455. The van der Waals surface area contributed by atoms with Crippen LogP contribution in [0.15, 0.2) is 24.3 Å². The van der Waals surface area contributed by atoms with E-state index in [1.165, 1.54) is 0 Å². The number of hydrogen-bond donors (Lipinski definition) is 1. The summed E-state index contributed by atoms with van der Waals surface area (Å²) in [7, 11) is -3.29. The molecule has 1 aromatic carbocycles. The minimum atomic E-state index is -3.29. The zero-order valence-electron chi connectivity index (χ0n) is 9.22. The molecule has 0 spiro atoms. The topological polar surface area (TPSA) is 54.4 Å². The lowest BCUT2D eigenvalue weighted by atomic mass is 10.1. The zero-order valence-corrected chi connectivity index (χ0v) is 11.6. The Hall–Kier alpha value is -0.390. The highest BCUT2D eigenvalue weighted by Crippen LogP contribution is 2.27. The molecule has 0 amide bonds. The lowest BCUT2D eigenvalue weighted by Crippen LogP contribution is -2.24. The highest BCUT2D eigenvalue weighted by molar-refractivity contribution is 9.11. The summed E-state index contributed by atoms with van der Waals surface area (Å²) in [6.07, 6.45) is -1.04. The maximum absolute atomic E-state index is 11.6. The highest BCUT2D eigenvalue weighted by atomic mass is 79.9. The third-order valence-corrected chi connectivity index (χ3v) is 6.34. The molecule has 0 aliphatic carbocycles. The van der Waals surface area contributed by atoms with Gasteiger partial charge in [-0.2, -0.15) is 0 Å². The van der Waals surface area contributed by atoms with Gasteiger partial charge in [0.05, 0.1) is 0 Å². The minimum Gasteiger partial charge on any atom is -0.386 e. The lowest BCUT2D eigenvalue weighted by Gasteiger charge is -2.17. The van der Waals surface area contributed by atoms with Crippen molar-refractivity contribution in [1.29, 1.82) is 0 Å². The molecule has 0 aliphatic rings. The number of aliphatic hydroxyl groups excluding tert-OH is 1. The summed E-state index contributed by atoms with van der Waals surface area (Å²) in [5.41, 5.74) is 1.60. The second kappa shape index (κ2) is 5.29. The number of aliphatic hydroxyl groups is 1. The molecule has 0 saturated heterocycles. The summed E-state index contributed by atoms with van der Waals surface area (Å²) in [5.74, 6) is 0.00575. The van der Waals surface area contributed by atoms with Gasteiger partial charge in [-0.15, -0.1) is 0 Å².